The van der Waals surface area contributed by atoms with Crippen molar-refractivity contribution in [2.24, 2.45) is 0 Å². The average Bonchev–Trinajstić information content (AvgIpc) is 3.47. The second kappa shape index (κ2) is 7.56. The van der Waals surface area contributed by atoms with Crippen LogP contribution >= 0.6 is 11.3 Å². The lowest BCUT2D eigenvalue weighted by molar-refractivity contribution is 0.949. The Kier molecular flexibility index (Phi) is 4.63. The molecule has 0 radical (unpaired) electrons. The molecule has 1 aliphatic rings. The molecular formula is C24H21N3S. The minimum Gasteiger partial charge on any atom is -0.372 e. The van der Waals surface area contributed by atoms with E-state index in [1.807, 2.05) is 18.5 Å². The Labute approximate surface area is 169 Å². The van der Waals surface area contributed by atoms with Gasteiger partial charge in [0.05, 0.1) is 5.69 Å². The molecule has 0 spiro atoms. The minimum absolute atomic E-state index is 1.01. The largest absolute Gasteiger partial charge is 0.372 e. The van der Waals surface area contributed by atoms with E-state index in [0.717, 1.165) is 21.8 Å². The maximum atomic E-state index is 4.93. The molecule has 1 aliphatic heterocycles. The van der Waals surface area contributed by atoms with Gasteiger partial charge in [-0.15, -0.1) is 11.3 Å². The smallest absolute Gasteiger partial charge is 0.126 e. The average molecular weight is 384 g/mol. The molecule has 0 bridgehead atoms. The Hall–Kier alpha value is -2.98. The summed E-state index contributed by atoms with van der Waals surface area (Å²) in [6.07, 6.45) is 6.36. The molecule has 3 heterocycles. The Balaban J connectivity index is 1.46. The summed E-state index contributed by atoms with van der Waals surface area (Å²) in [6, 6.07) is 21.3. The highest BCUT2D eigenvalue weighted by molar-refractivity contribution is 7.13. The zero-order valence-corrected chi connectivity index (χ0v) is 16.4. The minimum atomic E-state index is 1.01. The van der Waals surface area contributed by atoms with E-state index in [4.69, 9.17) is 4.98 Å². The van der Waals surface area contributed by atoms with Gasteiger partial charge in [-0.05, 0) is 42.2 Å². The number of hydrogen-bond donors (Lipinski definition) is 0. The third kappa shape index (κ3) is 3.32. The van der Waals surface area contributed by atoms with Crippen molar-refractivity contribution in [2.75, 3.05) is 18.0 Å². The second-order valence-corrected chi connectivity index (χ2v) is 7.92. The van der Waals surface area contributed by atoms with E-state index < -0.39 is 0 Å². The number of thiazole rings is 1. The number of aromatic nitrogens is 2. The van der Waals surface area contributed by atoms with Crippen LogP contribution in [0.25, 0.3) is 33.0 Å². The summed E-state index contributed by atoms with van der Waals surface area (Å²) in [5.41, 5.74) is 6.94. The van der Waals surface area contributed by atoms with Crippen LogP contribution in [0.3, 0.4) is 0 Å². The normalized spacial score (nSPS) is 13.8. The lowest BCUT2D eigenvalue weighted by Gasteiger charge is -2.17. The second-order valence-electron chi connectivity index (χ2n) is 7.07. The Bertz CT molecular complexity index is 1060. The van der Waals surface area contributed by atoms with Crippen LogP contribution in [0.5, 0.6) is 0 Å². The van der Waals surface area contributed by atoms with Gasteiger partial charge in [0.15, 0.2) is 0 Å². The fourth-order valence-electron chi connectivity index (χ4n) is 3.78. The van der Waals surface area contributed by atoms with Crippen LogP contribution in [0.15, 0.2) is 78.4 Å². The zero-order valence-electron chi connectivity index (χ0n) is 15.6. The Morgan fingerprint density at radius 2 is 1.57 bits per heavy atom. The lowest BCUT2D eigenvalue weighted by atomic mass is 10.0. The van der Waals surface area contributed by atoms with E-state index in [9.17, 15) is 0 Å². The fourth-order valence-corrected chi connectivity index (χ4v) is 4.64. The number of anilines is 1. The van der Waals surface area contributed by atoms with Gasteiger partial charge in [-0.3, -0.25) is 4.98 Å². The number of hydrogen-bond acceptors (Lipinski definition) is 4. The van der Waals surface area contributed by atoms with Gasteiger partial charge in [-0.2, -0.15) is 0 Å². The molecule has 3 nitrogen and oxygen atoms in total. The molecule has 1 saturated heterocycles. The van der Waals surface area contributed by atoms with Crippen molar-refractivity contribution < 1.29 is 0 Å². The van der Waals surface area contributed by atoms with Crippen LogP contribution in [0.1, 0.15) is 12.8 Å². The van der Waals surface area contributed by atoms with Gasteiger partial charge in [0.25, 0.3) is 0 Å². The number of rotatable bonds is 4. The van der Waals surface area contributed by atoms with Gasteiger partial charge in [-0.25, -0.2) is 4.98 Å². The van der Waals surface area contributed by atoms with Crippen LogP contribution in [0.4, 0.5) is 5.69 Å². The molecule has 1 fully saturated rings. The van der Waals surface area contributed by atoms with Gasteiger partial charge in [-0.1, -0.05) is 42.5 Å². The molecular weight excluding hydrogens is 362 g/mol. The first-order valence-electron chi connectivity index (χ1n) is 9.69. The highest BCUT2D eigenvalue weighted by atomic mass is 32.1. The number of pyridine rings is 1. The Morgan fingerprint density at radius 3 is 2.36 bits per heavy atom. The highest BCUT2D eigenvalue weighted by Crippen LogP contribution is 2.35. The summed E-state index contributed by atoms with van der Waals surface area (Å²) in [5.74, 6) is 0. The molecule has 2 aromatic carbocycles. The van der Waals surface area contributed by atoms with Gasteiger partial charge < -0.3 is 4.90 Å². The number of benzene rings is 2. The molecule has 2 aromatic heterocycles. The van der Waals surface area contributed by atoms with E-state index in [2.05, 4.69) is 69.9 Å². The van der Waals surface area contributed by atoms with E-state index in [-0.39, 0.29) is 0 Å². The molecule has 28 heavy (non-hydrogen) atoms. The Morgan fingerprint density at radius 1 is 0.786 bits per heavy atom. The predicted molar refractivity (Wildman–Crippen MR) is 118 cm³/mol. The zero-order chi connectivity index (χ0) is 18.8. The summed E-state index contributed by atoms with van der Waals surface area (Å²) >= 11 is 1.67. The number of nitrogens with zero attached hydrogens (tertiary/aromatic N) is 3. The van der Waals surface area contributed by atoms with Crippen molar-refractivity contribution in [2.45, 2.75) is 12.8 Å². The highest BCUT2D eigenvalue weighted by Gasteiger charge is 2.14. The maximum absolute atomic E-state index is 4.93. The molecule has 0 saturated carbocycles. The van der Waals surface area contributed by atoms with Crippen molar-refractivity contribution >= 4 is 17.0 Å². The van der Waals surface area contributed by atoms with E-state index in [1.165, 1.54) is 42.7 Å². The van der Waals surface area contributed by atoms with Crippen LogP contribution in [-0.4, -0.2) is 23.1 Å². The summed E-state index contributed by atoms with van der Waals surface area (Å²) in [5, 5.41) is 3.15. The van der Waals surface area contributed by atoms with Crippen molar-refractivity contribution in [3.8, 4) is 33.0 Å². The van der Waals surface area contributed by atoms with Crippen molar-refractivity contribution in [1.29, 1.82) is 0 Å². The maximum Gasteiger partial charge on any atom is 0.126 e. The van der Waals surface area contributed by atoms with E-state index in [0.29, 0.717) is 0 Å². The van der Waals surface area contributed by atoms with E-state index >= 15 is 0 Å². The van der Waals surface area contributed by atoms with Crippen molar-refractivity contribution in [3.63, 3.8) is 0 Å². The van der Waals surface area contributed by atoms with Crippen LogP contribution in [-0.2, 0) is 0 Å². The molecule has 0 amide bonds. The molecule has 4 aromatic rings. The summed E-state index contributed by atoms with van der Waals surface area (Å²) in [6.45, 7) is 2.34. The molecule has 0 aliphatic carbocycles. The van der Waals surface area contributed by atoms with Gasteiger partial charge in [0.1, 0.15) is 5.01 Å². The SMILES string of the molecule is c1ccc(-c2ccncc2-c2nc(-c3ccc(N4CCCC4)cc3)cs2)cc1. The third-order valence-corrected chi connectivity index (χ3v) is 6.15. The van der Waals surface area contributed by atoms with Crippen molar-refractivity contribution in [1.82, 2.24) is 9.97 Å². The van der Waals surface area contributed by atoms with Crippen LogP contribution in [0, 0.1) is 0 Å². The molecule has 0 N–H and O–H groups in total. The van der Waals surface area contributed by atoms with E-state index in [1.54, 1.807) is 11.3 Å². The monoisotopic (exact) mass is 383 g/mol. The summed E-state index contributed by atoms with van der Waals surface area (Å²) < 4.78 is 0. The molecule has 0 unspecified atom stereocenters. The van der Waals surface area contributed by atoms with Gasteiger partial charge in [0, 0.05) is 47.7 Å². The first-order chi connectivity index (χ1) is 13.9. The molecule has 4 heteroatoms. The third-order valence-electron chi connectivity index (χ3n) is 5.27. The molecule has 138 valence electrons. The van der Waals surface area contributed by atoms with Gasteiger partial charge >= 0.3 is 0 Å². The lowest BCUT2D eigenvalue weighted by Crippen LogP contribution is -2.17. The fraction of sp³-hybridized carbons (Fsp3) is 0.167. The van der Waals surface area contributed by atoms with Crippen LogP contribution in [0.2, 0.25) is 0 Å². The standard InChI is InChI=1S/C24H21N3S/c1-2-6-18(7-3-1)21-12-13-25-16-22(21)24-26-23(17-28-24)19-8-10-20(11-9-19)27-14-4-5-15-27/h1-3,6-13,16-17H,4-5,14-15H2. The summed E-state index contributed by atoms with van der Waals surface area (Å²) in [4.78, 5) is 11.7. The van der Waals surface area contributed by atoms with Crippen molar-refractivity contribution in [3.05, 3.63) is 78.4 Å². The first-order valence-corrected chi connectivity index (χ1v) is 10.6. The quantitative estimate of drug-likeness (QED) is 0.424. The predicted octanol–water partition coefficient (Wildman–Crippen LogP) is 6.14. The molecule has 0 atom stereocenters. The molecule has 5 rings (SSSR count). The first kappa shape index (κ1) is 17.1. The topological polar surface area (TPSA) is 29.0 Å². The summed E-state index contributed by atoms with van der Waals surface area (Å²) in [7, 11) is 0. The van der Waals surface area contributed by atoms with Gasteiger partial charge in [0.2, 0.25) is 0 Å². The van der Waals surface area contributed by atoms with Crippen LogP contribution < -0.4 is 4.90 Å².